The molecule has 1 saturated heterocycles. The van der Waals surface area contributed by atoms with Gasteiger partial charge in [-0.25, -0.2) is 23.2 Å². The van der Waals surface area contributed by atoms with Crippen molar-refractivity contribution in [2.45, 2.75) is 52.0 Å². The summed E-state index contributed by atoms with van der Waals surface area (Å²) in [5.41, 5.74) is 3.20. The number of hydrogen-bond donors (Lipinski definition) is 2. The second-order valence-electron chi connectivity index (χ2n) is 9.15. The number of aromatic nitrogens is 2. The first-order valence-corrected chi connectivity index (χ1v) is 13.6. The monoisotopic (exact) mass is 502 g/mol. The fourth-order valence-corrected chi connectivity index (χ4v) is 5.59. The lowest BCUT2D eigenvalue weighted by Gasteiger charge is -2.37. The molecule has 1 atom stereocenters. The number of benzene rings is 1. The smallest absolute Gasteiger partial charge is 0.319 e. The molecule has 2 aliphatic heterocycles. The number of rotatable bonds is 6. The van der Waals surface area contributed by atoms with Crippen LogP contribution in [0, 0.1) is 0 Å². The zero-order valence-corrected chi connectivity index (χ0v) is 21.6. The van der Waals surface area contributed by atoms with Crippen molar-refractivity contribution in [3.05, 3.63) is 35.5 Å². The second kappa shape index (κ2) is 10.5. The number of amides is 2. The topological polar surface area (TPSA) is 117 Å². The molecule has 2 aliphatic rings. The molecule has 4 rings (SSSR count). The first kappa shape index (κ1) is 25.3. The van der Waals surface area contributed by atoms with E-state index in [4.69, 9.17) is 14.7 Å². The summed E-state index contributed by atoms with van der Waals surface area (Å²) in [6, 6.07) is 7.22. The molecule has 35 heavy (non-hydrogen) atoms. The van der Waals surface area contributed by atoms with Crippen LogP contribution in [0.3, 0.4) is 0 Å². The van der Waals surface area contributed by atoms with Crippen LogP contribution in [0.2, 0.25) is 0 Å². The summed E-state index contributed by atoms with van der Waals surface area (Å²) in [5, 5.41) is 5.00. The maximum atomic E-state index is 12.9. The minimum absolute atomic E-state index is 0.150. The Bertz CT molecular complexity index is 1170. The van der Waals surface area contributed by atoms with Crippen molar-refractivity contribution in [2.75, 3.05) is 43.1 Å². The molecule has 2 amide bonds. The van der Waals surface area contributed by atoms with E-state index in [0.717, 1.165) is 22.6 Å². The number of nitrogens with zero attached hydrogens (tertiary/aromatic N) is 4. The number of sulfonamides is 1. The number of hydrogen-bond acceptors (Lipinski definition) is 7. The summed E-state index contributed by atoms with van der Waals surface area (Å²) >= 11 is 0. The molecule has 3 heterocycles. The Morgan fingerprint density at radius 3 is 2.60 bits per heavy atom. The fraction of sp³-hybridized carbons (Fsp3) is 0.542. The molecule has 10 nitrogen and oxygen atoms in total. The first-order chi connectivity index (χ1) is 16.7. The third kappa shape index (κ3) is 5.41. The van der Waals surface area contributed by atoms with Gasteiger partial charge in [0.05, 0.1) is 36.7 Å². The number of fused-ring (bicyclic) bond motifs is 1. The highest BCUT2D eigenvalue weighted by molar-refractivity contribution is 7.89. The number of carbonyl (C=O) groups is 1. The zero-order chi connectivity index (χ0) is 25.2. The van der Waals surface area contributed by atoms with E-state index in [1.165, 1.54) is 4.31 Å². The van der Waals surface area contributed by atoms with E-state index in [9.17, 15) is 13.2 Å². The minimum Gasteiger partial charge on any atom is -0.377 e. The average molecular weight is 503 g/mol. The Morgan fingerprint density at radius 2 is 1.94 bits per heavy atom. The zero-order valence-electron chi connectivity index (χ0n) is 20.7. The van der Waals surface area contributed by atoms with Crippen molar-refractivity contribution < 1.29 is 17.9 Å². The number of ether oxygens (including phenoxy) is 1. The highest BCUT2D eigenvalue weighted by atomic mass is 32.2. The predicted octanol–water partition coefficient (Wildman–Crippen LogP) is 2.61. The van der Waals surface area contributed by atoms with Crippen LogP contribution in [0.25, 0.3) is 11.4 Å². The number of urea groups is 1. The third-order valence-corrected chi connectivity index (χ3v) is 8.56. The Labute approximate surface area is 207 Å². The Kier molecular flexibility index (Phi) is 7.58. The van der Waals surface area contributed by atoms with Crippen molar-refractivity contribution in [3.63, 3.8) is 0 Å². The van der Waals surface area contributed by atoms with Gasteiger partial charge in [-0.3, -0.25) is 0 Å². The van der Waals surface area contributed by atoms with E-state index in [1.807, 2.05) is 19.1 Å². The lowest BCUT2D eigenvalue weighted by atomic mass is 10.0. The van der Waals surface area contributed by atoms with Gasteiger partial charge in [0.2, 0.25) is 10.0 Å². The van der Waals surface area contributed by atoms with Gasteiger partial charge in [-0.15, -0.1) is 0 Å². The maximum Gasteiger partial charge on any atom is 0.319 e. The van der Waals surface area contributed by atoms with E-state index in [1.54, 1.807) is 26.0 Å². The lowest BCUT2D eigenvalue weighted by molar-refractivity contribution is 0.0984. The normalized spacial score (nSPS) is 18.9. The van der Waals surface area contributed by atoms with E-state index in [2.05, 4.69) is 22.5 Å². The fourth-order valence-electron chi connectivity index (χ4n) is 4.35. The summed E-state index contributed by atoms with van der Waals surface area (Å²) < 4.78 is 32.9. The van der Waals surface area contributed by atoms with Gasteiger partial charge in [0.25, 0.3) is 0 Å². The summed E-state index contributed by atoms with van der Waals surface area (Å²) in [5.74, 6) is 1.39. The standard InChI is InChI=1S/C24H34N6O4S/c1-5-25-24(31)26-19-8-6-18(7-9-19)22-27-21-14-29(35(32,33)16(2)3)11-10-20(21)23(28-22)30-12-13-34-15-17(30)4/h6-9,16-17H,5,10-15H2,1-4H3,(H2,25,26,31). The molecule has 190 valence electrons. The van der Waals surface area contributed by atoms with Crippen molar-refractivity contribution >= 4 is 27.6 Å². The van der Waals surface area contributed by atoms with Gasteiger partial charge in [0, 0.05) is 36.4 Å². The SMILES string of the molecule is CCNC(=O)Nc1ccc(-c2nc3c(c(N4CCOCC4C)n2)CCN(S(=O)(=O)C(C)C)C3)cc1. The molecule has 0 saturated carbocycles. The van der Waals surface area contributed by atoms with Crippen LogP contribution in [0.1, 0.15) is 39.0 Å². The predicted molar refractivity (Wildman–Crippen MR) is 136 cm³/mol. The van der Waals surface area contributed by atoms with E-state index < -0.39 is 15.3 Å². The van der Waals surface area contributed by atoms with Crippen LogP contribution in [-0.4, -0.2) is 72.9 Å². The van der Waals surface area contributed by atoms with Gasteiger partial charge in [0.1, 0.15) is 5.82 Å². The number of morpholine rings is 1. The molecule has 0 aliphatic carbocycles. The molecule has 1 unspecified atom stereocenters. The number of carbonyl (C=O) groups excluding carboxylic acids is 1. The molecule has 1 aromatic heterocycles. The van der Waals surface area contributed by atoms with Crippen LogP contribution in [0.5, 0.6) is 0 Å². The van der Waals surface area contributed by atoms with Crippen LogP contribution in [0.15, 0.2) is 24.3 Å². The maximum absolute atomic E-state index is 12.9. The summed E-state index contributed by atoms with van der Waals surface area (Å²) in [7, 11) is -3.40. The molecule has 0 spiro atoms. The highest BCUT2D eigenvalue weighted by Gasteiger charge is 2.34. The van der Waals surface area contributed by atoms with Crippen LogP contribution >= 0.6 is 0 Å². The summed E-state index contributed by atoms with van der Waals surface area (Å²) in [6.45, 7) is 10.5. The first-order valence-electron chi connectivity index (χ1n) is 12.1. The molecule has 11 heteroatoms. The van der Waals surface area contributed by atoms with Crippen LogP contribution < -0.4 is 15.5 Å². The lowest BCUT2D eigenvalue weighted by Crippen LogP contribution is -2.46. The Morgan fingerprint density at radius 1 is 1.20 bits per heavy atom. The average Bonchev–Trinajstić information content (AvgIpc) is 2.84. The summed E-state index contributed by atoms with van der Waals surface area (Å²) in [6.07, 6.45) is 0.566. The molecule has 1 aromatic carbocycles. The minimum atomic E-state index is -3.40. The highest BCUT2D eigenvalue weighted by Crippen LogP contribution is 2.32. The Hall–Kier alpha value is -2.76. The summed E-state index contributed by atoms with van der Waals surface area (Å²) in [4.78, 5) is 23.9. The van der Waals surface area contributed by atoms with Gasteiger partial charge >= 0.3 is 6.03 Å². The van der Waals surface area contributed by atoms with Crippen molar-refractivity contribution in [1.82, 2.24) is 19.6 Å². The van der Waals surface area contributed by atoms with Crippen molar-refractivity contribution in [3.8, 4) is 11.4 Å². The van der Waals surface area contributed by atoms with Gasteiger partial charge in [-0.2, -0.15) is 4.31 Å². The molecule has 2 aromatic rings. The van der Waals surface area contributed by atoms with Gasteiger partial charge < -0.3 is 20.3 Å². The molecular weight excluding hydrogens is 468 g/mol. The number of anilines is 2. The van der Waals surface area contributed by atoms with Crippen LogP contribution in [0.4, 0.5) is 16.3 Å². The third-order valence-electron chi connectivity index (χ3n) is 6.34. The molecular formula is C24H34N6O4S. The van der Waals surface area contributed by atoms with E-state index >= 15 is 0 Å². The Balaban J connectivity index is 1.72. The second-order valence-corrected chi connectivity index (χ2v) is 11.6. The van der Waals surface area contributed by atoms with Crippen molar-refractivity contribution in [2.24, 2.45) is 0 Å². The van der Waals surface area contributed by atoms with Crippen LogP contribution in [-0.2, 0) is 27.7 Å². The molecule has 2 N–H and O–H groups in total. The quantitative estimate of drug-likeness (QED) is 0.624. The molecule has 1 fully saturated rings. The number of nitrogens with one attached hydrogen (secondary N) is 2. The van der Waals surface area contributed by atoms with E-state index in [0.29, 0.717) is 50.8 Å². The van der Waals surface area contributed by atoms with Gasteiger partial charge in [0.15, 0.2) is 5.82 Å². The molecule has 0 radical (unpaired) electrons. The van der Waals surface area contributed by atoms with Gasteiger partial charge in [-0.1, -0.05) is 0 Å². The largest absolute Gasteiger partial charge is 0.377 e. The van der Waals surface area contributed by atoms with Crippen molar-refractivity contribution in [1.29, 1.82) is 0 Å². The molecule has 0 bridgehead atoms. The van der Waals surface area contributed by atoms with Gasteiger partial charge in [-0.05, 0) is 58.4 Å². The van der Waals surface area contributed by atoms with E-state index in [-0.39, 0.29) is 18.6 Å².